The number of carbonyl (C=O) groups excluding carboxylic acids is 1. The lowest BCUT2D eigenvalue weighted by Gasteiger charge is -2.31. The Labute approximate surface area is 113 Å². The van der Waals surface area contributed by atoms with Gasteiger partial charge in [-0.1, -0.05) is 0 Å². The molecule has 1 N–H and O–H groups in total. The van der Waals surface area contributed by atoms with Gasteiger partial charge in [-0.2, -0.15) is 10.5 Å². The molecule has 0 aromatic heterocycles. The molecule has 0 radical (unpaired) electrons. The van der Waals surface area contributed by atoms with Crippen molar-refractivity contribution in [3.8, 4) is 12.1 Å². The van der Waals surface area contributed by atoms with Crippen molar-refractivity contribution < 1.29 is 9.90 Å². The summed E-state index contributed by atoms with van der Waals surface area (Å²) in [7, 11) is 0. The molecule has 0 unspecified atom stereocenters. The fraction of sp³-hybridized carbons (Fsp3) is 0.769. The zero-order valence-corrected chi connectivity index (χ0v) is 11.1. The Morgan fingerprint density at radius 2 is 1.74 bits per heavy atom. The fourth-order valence-corrected chi connectivity index (χ4v) is 2.10. The van der Waals surface area contributed by atoms with Gasteiger partial charge in [0, 0.05) is 26.2 Å². The van der Waals surface area contributed by atoms with Crippen LogP contribution in [0.5, 0.6) is 0 Å². The van der Waals surface area contributed by atoms with Crippen molar-refractivity contribution >= 4 is 5.91 Å². The third-order valence-corrected chi connectivity index (χ3v) is 3.26. The molecule has 1 amide bonds. The molecule has 1 aliphatic rings. The SMILES string of the molecule is N#CCCN(CCC#N)C(=O)CN1CCC(O)CC1. The van der Waals surface area contributed by atoms with E-state index in [9.17, 15) is 9.90 Å². The maximum Gasteiger partial charge on any atom is 0.236 e. The molecule has 0 aromatic carbocycles. The predicted octanol–water partition coefficient (Wildman–Crippen LogP) is 0.0991. The van der Waals surface area contributed by atoms with E-state index in [2.05, 4.69) is 0 Å². The maximum atomic E-state index is 12.1. The van der Waals surface area contributed by atoms with Crippen molar-refractivity contribution in [2.24, 2.45) is 0 Å². The number of nitrogens with zero attached hydrogens (tertiary/aromatic N) is 4. The van der Waals surface area contributed by atoms with Crippen molar-refractivity contribution in [3.63, 3.8) is 0 Å². The Kier molecular flexibility index (Phi) is 6.88. The number of carbonyl (C=O) groups is 1. The number of amides is 1. The quantitative estimate of drug-likeness (QED) is 0.734. The van der Waals surface area contributed by atoms with Crippen LogP contribution in [0, 0.1) is 22.7 Å². The highest BCUT2D eigenvalue weighted by Gasteiger charge is 2.21. The van der Waals surface area contributed by atoms with Crippen molar-refractivity contribution in [3.05, 3.63) is 0 Å². The van der Waals surface area contributed by atoms with E-state index in [1.165, 1.54) is 0 Å². The zero-order chi connectivity index (χ0) is 14.1. The fourth-order valence-electron chi connectivity index (χ4n) is 2.10. The summed E-state index contributed by atoms with van der Waals surface area (Å²) in [4.78, 5) is 15.7. The molecule has 0 aromatic rings. The minimum absolute atomic E-state index is 0.0399. The maximum absolute atomic E-state index is 12.1. The van der Waals surface area contributed by atoms with E-state index in [1.54, 1.807) is 4.90 Å². The van der Waals surface area contributed by atoms with Crippen molar-refractivity contribution in [2.75, 3.05) is 32.7 Å². The molecule has 6 heteroatoms. The number of piperidine rings is 1. The number of likely N-dealkylation sites (tertiary alicyclic amines) is 1. The molecule has 1 fully saturated rings. The second-order valence-electron chi connectivity index (χ2n) is 4.70. The van der Waals surface area contributed by atoms with Crippen LogP contribution in [0.2, 0.25) is 0 Å². The van der Waals surface area contributed by atoms with Crippen LogP contribution in [-0.2, 0) is 4.79 Å². The smallest absolute Gasteiger partial charge is 0.236 e. The largest absolute Gasteiger partial charge is 0.393 e. The highest BCUT2D eigenvalue weighted by molar-refractivity contribution is 5.78. The first-order chi connectivity index (χ1) is 9.17. The van der Waals surface area contributed by atoms with E-state index in [4.69, 9.17) is 10.5 Å². The second kappa shape index (κ2) is 8.47. The summed E-state index contributed by atoms with van der Waals surface area (Å²) in [5.41, 5.74) is 0. The first kappa shape index (κ1) is 15.4. The molecule has 104 valence electrons. The van der Waals surface area contributed by atoms with Crippen LogP contribution in [-0.4, -0.2) is 59.6 Å². The molecule has 0 spiro atoms. The van der Waals surface area contributed by atoms with Crippen LogP contribution in [0.15, 0.2) is 0 Å². The van der Waals surface area contributed by atoms with Gasteiger partial charge in [-0.05, 0) is 12.8 Å². The van der Waals surface area contributed by atoms with E-state index < -0.39 is 0 Å². The van der Waals surface area contributed by atoms with E-state index in [0.29, 0.717) is 32.5 Å². The van der Waals surface area contributed by atoms with Gasteiger partial charge in [0.25, 0.3) is 0 Å². The number of rotatable bonds is 6. The number of hydrogen-bond donors (Lipinski definition) is 1. The minimum atomic E-state index is -0.250. The molecule has 6 nitrogen and oxygen atoms in total. The van der Waals surface area contributed by atoms with Gasteiger partial charge in [0.15, 0.2) is 0 Å². The zero-order valence-electron chi connectivity index (χ0n) is 11.1. The van der Waals surface area contributed by atoms with Crippen molar-refractivity contribution in [1.29, 1.82) is 10.5 Å². The van der Waals surface area contributed by atoms with E-state index in [-0.39, 0.29) is 24.9 Å². The van der Waals surface area contributed by atoms with Gasteiger partial charge in [0.05, 0.1) is 37.6 Å². The second-order valence-corrected chi connectivity index (χ2v) is 4.70. The molecule has 0 saturated carbocycles. The van der Waals surface area contributed by atoms with Gasteiger partial charge >= 0.3 is 0 Å². The molecule has 1 aliphatic heterocycles. The lowest BCUT2D eigenvalue weighted by molar-refractivity contribution is -0.132. The lowest BCUT2D eigenvalue weighted by Crippen LogP contribution is -2.44. The third kappa shape index (κ3) is 5.69. The number of nitriles is 2. The van der Waals surface area contributed by atoms with Crippen molar-refractivity contribution in [2.45, 2.75) is 31.8 Å². The third-order valence-electron chi connectivity index (χ3n) is 3.26. The standard InChI is InChI=1S/C13H20N4O2/c14-5-1-7-17(8-2-6-15)13(19)11-16-9-3-12(18)4-10-16/h12,18H,1-4,7-11H2. The topological polar surface area (TPSA) is 91.4 Å². The average Bonchev–Trinajstić information content (AvgIpc) is 2.41. The Bertz CT molecular complexity index is 346. The minimum Gasteiger partial charge on any atom is -0.393 e. The Morgan fingerprint density at radius 1 is 1.21 bits per heavy atom. The summed E-state index contributed by atoms with van der Waals surface area (Å²) in [6.07, 6.45) is 1.72. The highest BCUT2D eigenvalue weighted by atomic mass is 16.3. The van der Waals surface area contributed by atoms with Crippen LogP contribution >= 0.6 is 0 Å². The summed E-state index contributed by atoms with van der Waals surface area (Å²) >= 11 is 0. The molecule has 0 bridgehead atoms. The molecular formula is C13H20N4O2. The molecule has 1 heterocycles. The van der Waals surface area contributed by atoms with Crippen LogP contribution in [0.3, 0.4) is 0 Å². The van der Waals surface area contributed by atoms with Crippen LogP contribution in [0.4, 0.5) is 0 Å². The summed E-state index contributed by atoms with van der Waals surface area (Å²) in [6, 6.07) is 4.03. The van der Waals surface area contributed by atoms with E-state index in [1.807, 2.05) is 17.0 Å². The van der Waals surface area contributed by atoms with E-state index in [0.717, 1.165) is 13.1 Å². The average molecular weight is 264 g/mol. The van der Waals surface area contributed by atoms with Gasteiger partial charge in [0.2, 0.25) is 5.91 Å². The van der Waals surface area contributed by atoms with Gasteiger partial charge in [-0.15, -0.1) is 0 Å². The molecule has 1 saturated heterocycles. The monoisotopic (exact) mass is 264 g/mol. The van der Waals surface area contributed by atoms with Gasteiger partial charge in [-0.3, -0.25) is 9.69 Å². The summed E-state index contributed by atoms with van der Waals surface area (Å²) in [5.74, 6) is -0.0399. The normalized spacial score (nSPS) is 16.6. The number of aliphatic hydroxyl groups is 1. The predicted molar refractivity (Wildman–Crippen MR) is 68.7 cm³/mol. The lowest BCUT2D eigenvalue weighted by atomic mass is 10.1. The molecular weight excluding hydrogens is 244 g/mol. The first-order valence-electron chi connectivity index (χ1n) is 6.59. The highest BCUT2D eigenvalue weighted by Crippen LogP contribution is 2.10. The number of hydrogen-bond acceptors (Lipinski definition) is 5. The van der Waals surface area contributed by atoms with Crippen LogP contribution in [0.25, 0.3) is 0 Å². The molecule has 19 heavy (non-hydrogen) atoms. The summed E-state index contributed by atoms with van der Waals surface area (Å²) in [5, 5.41) is 26.6. The Hall–Kier alpha value is -1.63. The molecule has 0 aliphatic carbocycles. The van der Waals surface area contributed by atoms with Crippen LogP contribution in [0.1, 0.15) is 25.7 Å². The van der Waals surface area contributed by atoms with Gasteiger partial charge < -0.3 is 10.0 Å². The Morgan fingerprint density at radius 3 is 2.21 bits per heavy atom. The molecule has 0 atom stereocenters. The summed E-state index contributed by atoms with van der Waals surface area (Å²) in [6.45, 7) is 2.51. The first-order valence-corrected chi connectivity index (χ1v) is 6.59. The van der Waals surface area contributed by atoms with E-state index >= 15 is 0 Å². The Balaban J connectivity index is 2.42. The number of aliphatic hydroxyl groups excluding tert-OH is 1. The van der Waals surface area contributed by atoms with Gasteiger partial charge in [0.1, 0.15) is 0 Å². The van der Waals surface area contributed by atoms with Gasteiger partial charge in [-0.25, -0.2) is 0 Å². The van der Waals surface area contributed by atoms with Crippen molar-refractivity contribution in [1.82, 2.24) is 9.80 Å². The van der Waals surface area contributed by atoms with Crippen LogP contribution < -0.4 is 0 Å². The molecule has 1 rings (SSSR count). The summed E-state index contributed by atoms with van der Waals surface area (Å²) < 4.78 is 0.